The third-order valence-corrected chi connectivity index (χ3v) is 10.9. The van der Waals surface area contributed by atoms with Gasteiger partial charge in [0.25, 0.3) is 0 Å². The number of carboxylic acid groups (broad SMARTS) is 2. The average molecular weight is 533 g/mol. The Bertz CT molecular complexity index is 1090. The highest BCUT2D eigenvalue weighted by atomic mass is 16.4. The molecule has 39 heavy (non-hydrogen) atoms. The molecule has 0 aliphatic heterocycles. The van der Waals surface area contributed by atoms with Crippen molar-refractivity contribution < 1.29 is 19.8 Å². The SMILES string of the molecule is CCC1CCC(C(Cc2ccccc2)(C(=O)O)C(Cc2ccccc2C)(C(=O)O)C2CCC(CC)CC2)CC1. The molecule has 2 aliphatic rings. The lowest BCUT2D eigenvalue weighted by Gasteiger charge is -2.55. The van der Waals surface area contributed by atoms with Crippen molar-refractivity contribution in [2.45, 2.75) is 97.8 Å². The fourth-order valence-corrected chi connectivity index (χ4v) is 8.37. The van der Waals surface area contributed by atoms with Crippen molar-refractivity contribution in [3.63, 3.8) is 0 Å². The smallest absolute Gasteiger partial charge is 0.311 e. The van der Waals surface area contributed by atoms with Crippen LogP contribution in [0.15, 0.2) is 54.6 Å². The highest BCUT2D eigenvalue weighted by Crippen LogP contribution is 2.61. The van der Waals surface area contributed by atoms with Gasteiger partial charge in [-0.1, -0.05) is 107 Å². The van der Waals surface area contributed by atoms with Crippen LogP contribution in [0.5, 0.6) is 0 Å². The second kappa shape index (κ2) is 12.7. The normalized spacial score (nSPS) is 26.7. The van der Waals surface area contributed by atoms with E-state index in [0.29, 0.717) is 11.8 Å². The van der Waals surface area contributed by atoms with Gasteiger partial charge in [0, 0.05) is 0 Å². The predicted octanol–water partition coefficient (Wildman–Crippen LogP) is 8.36. The third kappa shape index (κ3) is 5.67. The van der Waals surface area contributed by atoms with E-state index in [1.165, 1.54) is 0 Å². The van der Waals surface area contributed by atoms with Crippen molar-refractivity contribution in [1.29, 1.82) is 0 Å². The first kappa shape index (κ1) is 29.4. The number of carbonyl (C=O) groups is 2. The molecule has 0 heterocycles. The van der Waals surface area contributed by atoms with Crippen LogP contribution in [0.2, 0.25) is 0 Å². The van der Waals surface area contributed by atoms with Crippen molar-refractivity contribution in [1.82, 2.24) is 0 Å². The summed E-state index contributed by atoms with van der Waals surface area (Å²) in [5, 5.41) is 22.9. The molecule has 2 unspecified atom stereocenters. The molecule has 4 nitrogen and oxygen atoms in total. The maximum absolute atomic E-state index is 14.0. The Labute approximate surface area is 235 Å². The maximum Gasteiger partial charge on any atom is 0.311 e. The summed E-state index contributed by atoms with van der Waals surface area (Å²) < 4.78 is 0. The van der Waals surface area contributed by atoms with E-state index in [9.17, 15) is 19.8 Å². The Balaban J connectivity index is 1.96. The maximum atomic E-state index is 14.0. The highest BCUT2D eigenvalue weighted by molar-refractivity contribution is 5.88. The van der Waals surface area contributed by atoms with Gasteiger partial charge in [-0.2, -0.15) is 0 Å². The number of hydrogen-bond donors (Lipinski definition) is 2. The summed E-state index contributed by atoms with van der Waals surface area (Å²) in [6, 6.07) is 17.8. The van der Waals surface area contributed by atoms with E-state index in [2.05, 4.69) is 13.8 Å². The van der Waals surface area contributed by atoms with Gasteiger partial charge in [-0.25, -0.2) is 0 Å². The average Bonchev–Trinajstić information content (AvgIpc) is 2.96. The molecule has 4 heteroatoms. The van der Waals surface area contributed by atoms with Crippen LogP contribution in [0.4, 0.5) is 0 Å². The Kier molecular flexibility index (Phi) is 9.56. The summed E-state index contributed by atoms with van der Waals surface area (Å²) in [6.45, 7) is 6.46. The van der Waals surface area contributed by atoms with Gasteiger partial charge in [-0.3, -0.25) is 9.59 Å². The van der Waals surface area contributed by atoms with Crippen LogP contribution in [-0.2, 0) is 22.4 Å². The zero-order chi connectivity index (χ0) is 28.0. The molecule has 2 aromatic rings. The van der Waals surface area contributed by atoms with E-state index in [1.54, 1.807) is 0 Å². The largest absolute Gasteiger partial charge is 0.481 e. The standard InChI is InChI=1S/C35H48O4/c1-4-26-15-19-30(20-16-26)34(32(36)37,23-28-12-7-6-8-13-28)35(33(38)39,24-29-14-10-9-11-25(29)3)31-21-17-27(5-2)18-22-31/h6-14,26-27,30-31H,4-5,15-24H2,1-3H3,(H,36,37)(H,38,39). The minimum absolute atomic E-state index is 0.179. The minimum Gasteiger partial charge on any atom is -0.481 e. The lowest BCUT2D eigenvalue weighted by Crippen LogP contribution is -2.63. The molecule has 212 valence electrons. The van der Waals surface area contributed by atoms with Crippen LogP contribution in [0, 0.1) is 41.4 Å². The second-order valence-corrected chi connectivity index (χ2v) is 12.6. The molecule has 0 amide bonds. The molecule has 2 saturated carbocycles. The molecule has 2 N–H and O–H groups in total. The van der Waals surface area contributed by atoms with Crippen molar-refractivity contribution in [3.8, 4) is 0 Å². The Hall–Kier alpha value is -2.62. The van der Waals surface area contributed by atoms with E-state index in [-0.39, 0.29) is 24.7 Å². The zero-order valence-electron chi connectivity index (χ0n) is 24.2. The number of aliphatic carboxylic acids is 2. The lowest BCUT2D eigenvalue weighted by atomic mass is 9.45. The van der Waals surface area contributed by atoms with Crippen LogP contribution in [0.25, 0.3) is 0 Å². The molecule has 2 aliphatic carbocycles. The number of carboxylic acids is 2. The number of aryl methyl sites for hydroxylation is 1. The first-order chi connectivity index (χ1) is 18.8. The van der Waals surface area contributed by atoms with Crippen molar-refractivity contribution in [3.05, 3.63) is 71.3 Å². The van der Waals surface area contributed by atoms with Gasteiger partial charge in [-0.05, 0) is 85.8 Å². The topological polar surface area (TPSA) is 74.6 Å². The zero-order valence-corrected chi connectivity index (χ0v) is 24.2. The molecule has 0 bridgehead atoms. The van der Waals surface area contributed by atoms with Gasteiger partial charge in [0.2, 0.25) is 0 Å². The number of rotatable bonds is 11. The number of hydrogen-bond acceptors (Lipinski definition) is 2. The molecular weight excluding hydrogens is 484 g/mol. The fraction of sp³-hybridized carbons (Fsp3) is 0.600. The van der Waals surface area contributed by atoms with Gasteiger partial charge in [0.05, 0.1) is 10.8 Å². The van der Waals surface area contributed by atoms with Crippen molar-refractivity contribution in [2.75, 3.05) is 0 Å². The quantitative estimate of drug-likeness (QED) is 0.305. The van der Waals surface area contributed by atoms with Gasteiger partial charge in [0.15, 0.2) is 0 Å². The molecule has 0 saturated heterocycles. The van der Waals surface area contributed by atoms with E-state index >= 15 is 0 Å². The molecule has 4 rings (SSSR count). The van der Waals surface area contributed by atoms with Crippen LogP contribution in [0.3, 0.4) is 0 Å². The Morgan fingerprint density at radius 2 is 1.10 bits per heavy atom. The number of benzene rings is 2. The van der Waals surface area contributed by atoms with Gasteiger partial charge >= 0.3 is 11.9 Å². The van der Waals surface area contributed by atoms with Crippen LogP contribution < -0.4 is 0 Å². The van der Waals surface area contributed by atoms with E-state index in [4.69, 9.17) is 0 Å². The molecule has 2 atom stereocenters. The molecule has 0 spiro atoms. The van der Waals surface area contributed by atoms with Crippen LogP contribution >= 0.6 is 0 Å². The minimum atomic E-state index is -1.40. The molecule has 2 aromatic carbocycles. The van der Waals surface area contributed by atoms with Gasteiger partial charge < -0.3 is 10.2 Å². The van der Waals surface area contributed by atoms with E-state index in [1.807, 2.05) is 61.5 Å². The van der Waals surface area contributed by atoms with Crippen LogP contribution in [0.1, 0.15) is 94.7 Å². The van der Waals surface area contributed by atoms with E-state index in [0.717, 1.165) is 80.9 Å². The summed E-state index contributed by atoms with van der Waals surface area (Å²) in [6.07, 6.45) is 9.77. The molecule has 2 fully saturated rings. The summed E-state index contributed by atoms with van der Waals surface area (Å²) in [5.41, 5.74) is 0.140. The highest BCUT2D eigenvalue weighted by Gasteiger charge is 2.67. The first-order valence-electron chi connectivity index (χ1n) is 15.3. The third-order valence-electron chi connectivity index (χ3n) is 10.9. The second-order valence-electron chi connectivity index (χ2n) is 12.6. The predicted molar refractivity (Wildman–Crippen MR) is 157 cm³/mol. The van der Waals surface area contributed by atoms with E-state index < -0.39 is 22.8 Å². The van der Waals surface area contributed by atoms with Gasteiger partial charge in [0.1, 0.15) is 0 Å². The summed E-state index contributed by atoms with van der Waals surface area (Å²) in [5.74, 6) is -0.996. The van der Waals surface area contributed by atoms with Crippen LogP contribution in [-0.4, -0.2) is 22.2 Å². The summed E-state index contributed by atoms with van der Waals surface area (Å²) in [7, 11) is 0. The van der Waals surface area contributed by atoms with Crippen molar-refractivity contribution in [2.24, 2.45) is 34.5 Å². The molecular formula is C35H48O4. The lowest BCUT2D eigenvalue weighted by molar-refractivity contribution is -0.193. The first-order valence-corrected chi connectivity index (χ1v) is 15.3. The fourth-order valence-electron chi connectivity index (χ4n) is 8.37. The Morgan fingerprint density at radius 1 is 0.667 bits per heavy atom. The Morgan fingerprint density at radius 3 is 1.54 bits per heavy atom. The van der Waals surface area contributed by atoms with Gasteiger partial charge in [-0.15, -0.1) is 0 Å². The summed E-state index contributed by atoms with van der Waals surface area (Å²) in [4.78, 5) is 28.0. The monoisotopic (exact) mass is 532 g/mol. The molecule has 0 radical (unpaired) electrons. The molecule has 0 aromatic heterocycles. The van der Waals surface area contributed by atoms with Crippen molar-refractivity contribution >= 4 is 11.9 Å². The summed E-state index contributed by atoms with van der Waals surface area (Å²) >= 11 is 0.